The number of carbonyl (C=O) groups is 1. The van der Waals surface area contributed by atoms with Crippen LogP contribution in [0.25, 0.3) is 21.2 Å². The Morgan fingerprint density at radius 2 is 1.93 bits per heavy atom. The van der Waals surface area contributed by atoms with Gasteiger partial charge in [0, 0.05) is 48.0 Å². The van der Waals surface area contributed by atoms with Crippen LogP contribution in [-0.4, -0.2) is 55.9 Å². The molecule has 9 heteroatoms. The van der Waals surface area contributed by atoms with Crippen LogP contribution in [0, 0.1) is 0 Å². The average molecular weight is 447 g/mol. The number of aryl methyl sites for hydroxylation is 1. The zero-order chi connectivity index (χ0) is 21.5. The molecule has 0 aliphatic carbocycles. The van der Waals surface area contributed by atoms with Crippen LogP contribution in [0.1, 0.15) is 15.2 Å². The first-order valence-corrected chi connectivity index (χ1v) is 12.1. The van der Waals surface area contributed by atoms with Gasteiger partial charge < -0.3 is 9.30 Å². The summed E-state index contributed by atoms with van der Waals surface area (Å²) in [5.41, 5.74) is 2.14. The molecule has 4 rings (SSSR count). The summed E-state index contributed by atoms with van der Waals surface area (Å²) >= 11 is 1.54. The average Bonchev–Trinajstić information content (AvgIpc) is 3.15. The third kappa shape index (κ3) is 3.92. The normalized spacial score (nSPS) is 16.6. The van der Waals surface area contributed by atoms with E-state index in [1.165, 1.54) is 7.11 Å². The number of rotatable bonds is 5. The number of methoxy groups -OCH3 is 1. The van der Waals surface area contributed by atoms with Crippen molar-refractivity contribution < 1.29 is 17.9 Å². The van der Waals surface area contributed by atoms with Crippen molar-refractivity contribution in [3.05, 3.63) is 51.3 Å². The molecule has 0 spiro atoms. The lowest BCUT2D eigenvalue weighted by Crippen LogP contribution is -2.39. The van der Waals surface area contributed by atoms with Gasteiger partial charge >= 0.3 is 0 Å². The Morgan fingerprint density at radius 3 is 2.60 bits per heavy atom. The summed E-state index contributed by atoms with van der Waals surface area (Å²) in [7, 11) is 0.307. The van der Waals surface area contributed by atoms with E-state index < -0.39 is 9.84 Å². The van der Waals surface area contributed by atoms with Crippen LogP contribution in [0.5, 0.6) is 5.75 Å². The fraction of sp³-hybridized carbons (Fsp3) is 0.333. The van der Waals surface area contributed by atoms with Crippen molar-refractivity contribution in [2.24, 2.45) is 7.05 Å². The van der Waals surface area contributed by atoms with Gasteiger partial charge in [0.2, 0.25) is 0 Å². The van der Waals surface area contributed by atoms with E-state index in [0.717, 1.165) is 27.0 Å². The lowest BCUT2D eigenvalue weighted by atomic mass is 10.0. The van der Waals surface area contributed by atoms with Gasteiger partial charge in [-0.05, 0) is 23.8 Å². The number of pyridine rings is 1. The van der Waals surface area contributed by atoms with Gasteiger partial charge in [-0.25, -0.2) is 8.42 Å². The van der Waals surface area contributed by atoms with Crippen LogP contribution in [0.4, 0.5) is 0 Å². The Bertz CT molecular complexity index is 1280. The highest BCUT2D eigenvalue weighted by Gasteiger charge is 2.23. The van der Waals surface area contributed by atoms with Crippen molar-refractivity contribution >= 4 is 37.5 Å². The Hall–Kier alpha value is -2.49. The third-order valence-electron chi connectivity index (χ3n) is 5.39. The van der Waals surface area contributed by atoms with Crippen molar-refractivity contribution in [3.63, 3.8) is 0 Å². The highest BCUT2D eigenvalue weighted by molar-refractivity contribution is 7.91. The van der Waals surface area contributed by atoms with Crippen LogP contribution in [0.3, 0.4) is 0 Å². The quantitative estimate of drug-likeness (QED) is 0.559. The predicted molar refractivity (Wildman–Crippen MR) is 118 cm³/mol. The molecule has 7 nitrogen and oxygen atoms in total. The molecule has 30 heavy (non-hydrogen) atoms. The second kappa shape index (κ2) is 7.98. The molecule has 1 aliphatic rings. The summed E-state index contributed by atoms with van der Waals surface area (Å²) in [5.74, 6) is 0.831. The van der Waals surface area contributed by atoms with Gasteiger partial charge in [-0.15, -0.1) is 11.3 Å². The number of nitrogens with zero attached hydrogens (tertiary/aromatic N) is 2. The summed E-state index contributed by atoms with van der Waals surface area (Å²) in [6.07, 6.45) is 2.55. The summed E-state index contributed by atoms with van der Waals surface area (Å²) in [6.45, 7) is 1.63. The van der Waals surface area contributed by atoms with Crippen molar-refractivity contribution in [3.8, 4) is 16.9 Å². The zero-order valence-corrected chi connectivity index (χ0v) is 18.4. The van der Waals surface area contributed by atoms with Gasteiger partial charge in [-0.1, -0.05) is 6.07 Å². The molecule has 0 bridgehead atoms. The molecule has 1 fully saturated rings. The van der Waals surface area contributed by atoms with Crippen molar-refractivity contribution in [2.75, 3.05) is 31.7 Å². The number of thiophene rings is 1. The zero-order valence-electron chi connectivity index (χ0n) is 16.8. The number of aldehydes is 1. The number of hydrogen-bond acceptors (Lipinski definition) is 7. The van der Waals surface area contributed by atoms with Crippen LogP contribution >= 0.6 is 11.3 Å². The molecule has 0 atom stereocenters. The Kier molecular flexibility index (Phi) is 5.52. The number of aromatic nitrogens is 1. The molecule has 0 amide bonds. The number of benzene rings is 1. The SMILES string of the molecule is COc1cc(-c2cn(C)c(=O)c3cc(CN4CCS(=O)(=O)CC4)sc23)ccc1C=O. The van der Waals surface area contributed by atoms with E-state index in [1.54, 1.807) is 41.3 Å². The molecule has 158 valence electrons. The minimum atomic E-state index is -2.93. The first kappa shape index (κ1) is 20.8. The second-order valence-corrected chi connectivity index (χ2v) is 10.9. The van der Waals surface area contributed by atoms with E-state index in [1.807, 2.05) is 12.1 Å². The van der Waals surface area contributed by atoms with Gasteiger partial charge in [0.1, 0.15) is 5.75 Å². The maximum absolute atomic E-state index is 12.7. The van der Waals surface area contributed by atoms with Gasteiger partial charge in [0.05, 0.1) is 29.6 Å². The van der Waals surface area contributed by atoms with E-state index in [4.69, 9.17) is 4.74 Å². The monoisotopic (exact) mass is 446 g/mol. The van der Waals surface area contributed by atoms with Crippen LogP contribution in [0.15, 0.2) is 35.3 Å². The van der Waals surface area contributed by atoms with Gasteiger partial charge in [0.15, 0.2) is 16.1 Å². The molecular formula is C21H22N2O5S2. The lowest BCUT2D eigenvalue weighted by molar-refractivity contribution is 0.112. The molecule has 2 aromatic heterocycles. The van der Waals surface area contributed by atoms with E-state index in [0.29, 0.717) is 36.3 Å². The molecule has 0 unspecified atom stereocenters. The molecule has 3 aromatic rings. The van der Waals surface area contributed by atoms with Crippen LogP contribution < -0.4 is 10.3 Å². The summed E-state index contributed by atoms with van der Waals surface area (Å²) in [5, 5.41) is 0.637. The van der Waals surface area contributed by atoms with Gasteiger partial charge in [-0.2, -0.15) is 0 Å². The molecule has 1 aliphatic heterocycles. The fourth-order valence-corrected chi connectivity index (χ4v) is 6.19. The van der Waals surface area contributed by atoms with E-state index in [9.17, 15) is 18.0 Å². The smallest absolute Gasteiger partial charge is 0.259 e. The molecule has 3 heterocycles. The first-order valence-electron chi connectivity index (χ1n) is 9.50. The van der Waals surface area contributed by atoms with E-state index in [-0.39, 0.29) is 17.1 Å². The Balaban J connectivity index is 1.76. The minimum absolute atomic E-state index is 0.0750. The number of hydrogen-bond donors (Lipinski definition) is 0. The summed E-state index contributed by atoms with van der Waals surface area (Å²) in [6, 6.07) is 7.27. The molecule has 1 saturated heterocycles. The highest BCUT2D eigenvalue weighted by Crippen LogP contribution is 2.35. The summed E-state index contributed by atoms with van der Waals surface area (Å²) < 4.78 is 31.1. The molecule has 0 radical (unpaired) electrons. The van der Waals surface area contributed by atoms with Crippen molar-refractivity contribution in [1.29, 1.82) is 0 Å². The third-order valence-corrected chi connectivity index (χ3v) is 8.15. The van der Waals surface area contributed by atoms with Crippen LogP contribution in [0.2, 0.25) is 0 Å². The van der Waals surface area contributed by atoms with E-state index in [2.05, 4.69) is 4.90 Å². The number of carbonyl (C=O) groups excluding carboxylic acids is 1. The van der Waals surface area contributed by atoms with E-state index >= 15 is 0 Å². The van der Waals surface area contributed by atoms with Crippen LogP contribution in [-0.2, 0) is 23.4 Å². The summed E-state index contributed by atoms with van der Waals surface area (Å²) in [4.78, 5) is 27.1. The lowest BCUT2D eigenvalue weighted by Gasteiger charge is -2.25. The first-order chi connectivity index (χ1) is 14.3. The number of ether oxygens (including phenoxy) is 1. The van der Waals surface area contributed by atoms with Crippen molar-refractivity contribution in [1.82, 2.24) is 9.47 Å². The maximum Gasteiger partial charge on any atom is 0.259 e. The number of sulfone groups is 1. The van der Waals surface area contributed by atoms with Crippen molar-refractivity contribution in [2.45, 2.75) is 6.54 Å². The minimum Gasteiger partial charge on any atom is -0.496 e. The second-order valence-electron chi connectivity index (χ2n) is 7.42. The molecule has 0 N–H and O–H groups in total. The maximum atomic E-state index is 12.7. The van der Waals surface area contributed by atoms with Gasteiger partial charge in [0.25, 0.3) is 5.56 Å². The Labute approximate surface area is 178 Å². The largest absolute Gasteiger partial charge is 0.496 e. The fourth-order valence-electron chi connectivity index (χ4n) is 3.69. The molecule has 0 saturated carbocycles. The van der Waals surface area contributed by atoms with Gasteiger partial charge in [-0.3, -0.25) is 14.5 Å². The highest BCUT2D eigenvalue weighted by atomic mass is 32.2. The predicted octanol–water partition coefficient (Wildman–Crippen LogP) is 2.32. The molecular weight excluding hydrogens is 424 g/mol. The Morgan fingerprint density at radius 1 is 1.20 bits per heavy atom. The molecule has 1 aromatic carbocycles. The standard InChI is InChI=1S/C21H22N2O5S2/c1-22-12-18(14-3-4-15(13-24)19(9-14)28-2)20-17(21(22)25)10-16(29-20)11-23-5-7-30(26,27)8-6-23/h3-4,9-10,12-13H,5-8,11H2,1-2H3. The topological polar surface area (TPSA) is 85.7 Å². The number of fused-ring (bicyclic) bond motifs is 1.